The molecule has 0 atom stereocenters. The van der Waals surface area contributed by atoms with Gasteiger partial charge in [-0.15, -0.1) is 23.1 Å². The second-order valence-electron chi connectivity index (χ2n) is 3.40. The van der Waals surface area contributed by atoms with E-state index in [0.717, 1.165) is 16.3 Å². The van der Waals surface area contributed by atoms with E-state index >= 15 is 0 Å². The molecule has 4 nitrogen and oxygen atoms in total. The van der Waals surface area contributed by atoms with Gasteiger partial charge in [0.25, 0.3) is 5.91 Å². The summed E-state index contributed by atoms with van der Waals surface area (Å²) in [4.78, 5) is 21.5. The van der Waals surface area contributed by atoms with Gasteiger partial charge >= 0.3 is 0 Å². The van der Waals surface area contributed by atoms with Crippen LogP contribution in [0.15, 0.2) is 40.1 Å². The summed E-state index contributed by atoms with van der Waals surface area (Å²) in [6.45, 7) is 0. The zero-order chi connectivity index (χ0) is 12.8. The molecule has 0 aliphatic carbocycles. The molecule has 0 radical (unpaired) electrons. The fraction of sp³-hybridized carbons (Fsp3) is 0.167. The number of amides is 1. The number of hydrogen-bond donors (Lipinski definition) is 1. The second kappa shape index (κ2) is 6.53. The third kappa shape index (κ3) is 3.32. The third-order valence-corrected chi connectivity index (χ3v) is 3.93. The topological polar surface area (TPSA) is 51.2 Å². The van der Waals surface area contributed by atoms with Crippen molar-refractivity contribution in [2.24, 2.45) is 0 Å². The zero-order valence-corrected chi connectivity index (χ0v) is 11.4. The molecule has 1 amide bonds. The molecule has 1 N–H and O–H groups in total. The van der Waals surface area contributed by atoms with Crippen LogP contribution in [0.3, 0.4) is 0 Å². The summed E-state index contributed by atoms with van der Waals surface area (Å²) in [6, 6.07) is 7.43. The molecule has 0 aliphatic heterocycles. The van der Waals surface area contributed by atoms with Gasteiger partial charge in [-0.1, -0.05) is 12.1 Å². The van der Waals surface area contributed by atoms with E-state index in [-0.39, 0.29) is 5.91 Å². The molecule has 1 heterocycles. The van der Waals surface area contributed by atoms with Gasteiger partial charge in [-0.2, -0.15) is 0 Å². The number of rotatable bonds is 5. The number of nitrogens with one attached hydrogen (secondary N) is 1. The Morgan fingerprint density at radius 1 is 1.50 bits per heavy atom. The van der Waals surface area contributed by atoms with Crippen LogP contribution in [0.2, 0.25) is 0 Å². The Morgan fingerprint density at radius 3 is 3.06 bits per heavy atom. The highest BCUT2D eigenvalue weighted by Crippen LogP contribution is 2.26. The molecule has 0 aliphatic rings. The van der Waals surface area contributed by atoms with Crippen molar-refractivity contribution in [3.8, 4) is 0 Å². The van der Waals surface area contributed by atoms with Crippen molar-refractivity contribution in [1.29, 1.82) is 0 Å². The summed E-state index contributed by atoms with van der Waals surface area (Å²) in [6.07, 6.45) is 0. The lowest BCUT2D eigenvalue weighted by molar-refractivity contribution is 0.0534. The highest BCUT2D eigenvalue weighted by molar-refractivity contribution is 7.98. The third-order valence-electron chi connectivity index (χ3n) is 2.19. The van der Waals surface area contributed by atoms with Gasteiger partial charge in [-0.05, 0) is 12.1 Å². The Bertz CT molecular complexity index is 515. The summed E-state index contributed by atoms with van der Waals surface area (Å²) in [5.41, 5.74) is 5.77. The molecule has 0 bridgehead atoms. The highest BCUT2D eigenvalue weighted by Gasteiger charge is 2.11. The number of benzene rings is 1. The monoisotopic (exact) mass is 280 g/mol. The van der Waals surface area contributed by atoms with Crippen molar-refractivity contribution < 1.29 is 9.63 Å². The molecule has 0 saturated heterocycles. The van der Waals surface area contributed by atoms with E-state index in [4.69, 9.17) is 0 Å². The Kier molecular flexibility index (Phi) is 4.74. The number of carbonyl (C=O) groups is 1. The molecule has 6 heteroatoms. The average molecular weight is 280 g/mol. The predicted octanol–water partition coefficient (Wildman–Crippen LogP) is 2.73. The van der Waals surface area contributed by atoms with Crippen LogP contribution in [0.4, 0.5) is 0 Å². The van der Waals surface area contributed by atoms with E-state index in [1.807, 2.05) is 23.6 Å². The van der Waals surface area contributed by atoms with Gasteiger partial charge in [0.15, 0.2) is 0 Å². The number of aromatic nitrogens is 1. The molecular formula is C12H12N2O2S2. The highest BCUT2D eigenvalue weighted by atomic mass is 32.2. The lowest BCUT2D eigenvalue weighted by Crippen LogP contribution is -2.22. The van der Waals surface area contributed by atoms with Crippen LogP contribution in [0.1, 0.15) is 16.1 Å². The van der Waals surface area contributed by atoms with Crippen LogP contribution in [0.25, 0.3) is 0 Å². The quantitative estimate of drug-likeness (QED) is 0.676. The van der Waals surface area contributed by atoms with Crippen LogP contribution in [-0.4, -0.2) is 18.0 Å². The lowest BCUT2D eigenvalue weighted by atomic mass is 10.2. The summed E-state index contributed by atoms with van der Waals surface area (Å²) in [5, 5.41) is 2.00. The molecule has 0 saturated carbocycles. The first-order chi connectivity index (χ1) is 8.81. The number of thiazole rings is 1. The van der Waals surface area contributed by atoms with Crippen LogP contribution >= 0.6 is 23.1 Å². The van der Waals surface area contributed by atoms with Crippen molar-refractivity contribution in [2.45, 2.75) is 10.6 Å². The smallest absolute Gasteiger partial charge is 0.275 e. The van der Waals surface area contributed by atoms with Crippen molar-refractivity contribution in [1.82, 2.24) is 10.5 Å². The number of hydroxylamine groups is 1. The van der Waals surface area contributed by atoms with Crippen LogP contribution in [-0.2, 0) is 10.6 Å². The minimum Gasteiger partial charge on any atom is -0.277 e. The van der Waals surface area contributed by atoms with Gasteiger partial charge in [0.1, 0.15) is 0 Å². The van der Waals surface area contributed by atoms with Gasteiger partial charge in [-0.3, -0.25) is 9.63 Å². The van der Waals surface area contributed by atoms with Crippen molar-refractivity contribution >= 4 is 29.0 Å². The molecular weight excluding hydrogens is 268 g/mol. The van der Waals surface area contributed by atoms with Crippen molar-refractivity contribution in [3.63, 3.8) is 0 Å². The van der Waals surface area contributed by atoms with E-state index in [1.165, 1.54) is 7.11 Å². The van der Waals surface area contributed by atoms with E-state index in [1.54, 1.807) is 34.7 Å². The van der Waals surface area contributed by atoms with Gasteiger partial charge in [0, 0.05) is 16.0 Å². The summed E-state index contributed by atoms with van der Waals surface area (Å²) in [7, 11) is 1.42. The fourth-order valence-electron chi connectivity index (χ4n) is 1.39. The normalized spacial score (nSPS) is 10.3. The van der Waals surface area contributed by atoms with Crippen molar-refractivity contribution in [3.05, 3.63) is 46.4 Å². The van der Waals surface area contributed by atoms with E-state index < -0.39 is 0 Å². The number of thioether (sulfide) groups is 1. The summed E-state index contributed by atoms with van der Waals surface area (Å²) >= 11 is 3.16. The fourth-order valence-corrected chi connectivity index (χ4v) is 3.00. The minimum atomic E-state index is -0.237. The SMILES string of the molecule is CONC(=O)c1ccccc1SCc1cscn1. The van der Waals surface area contributed by atoms with E-state index in [2.05, 4.69) is 15.3 Å². The second-order valence-corrected chi connectivity index (χ2v) is 5.14. The Balaban J connectivity index is 2.09. The number of hydrogen-bond acceptors (Lipinski definition) is 5. The van der Waals surface area contributed by atoms with Crippen LogP contribution in [0, 0.1) is 0 Å². The Hall–Kier alpha value is -1.37. The van der Waals surface area contributed by atoms with Crippen LogP contribution < -0.4 is 5.48 Å². The van der Waals surface area contributed by atoms with Gasteiger partial charge in [-0.25, -0.2) is 10.5 Å². The largest absolute Gasteiger partial charge is 0.277 e. The minimum absolute atomic E-state index is 0.237. The molecule has 0 fully saturated rings. The zero-order valence-electron chi connectivity index (χ0n) is 9.75. The van der Waals surface area contributed by atoms with Gasteiger partial charge in [0.2, 0.25) is 0 Å². The average Bonchev–Trinajstić information content (AvgIpc) is 2.90. The standard InChI is InChI=1S/C12H12N2O2S2/c1-16-14-12(15)10-4-2-3-5-11(10)18-7-9-6-17-8-13-9/h2-6,8H,7H2,1H3,(H,14,15). The lowest BCUT2D eigenvalue weighted by Gasteiger charge is -2.07. The van der Waals surface area contributed by atoms with E-state index in [0.29, 0.717) is 5.56 Å². The summed E-state index contributed by atoms with van der Waals surface area (Å²) in [5.74, 6) is 0.514. The number of nitrogens with zero attached hydrogens (tertiary/aromatic N) is 1. The maximum atomic E-state index is 11.8. The molecule has 0 spiro atoms. The molecule has 1 aromatic heterocycles. The molecule has 2 rings (SSSR count). The van der Waals surface area contributed by atoms with Gasteiger partial charge in [0.05, 0.1) is 23.9 Å². The maximum absolute atomic E-state index is 11.8. The molecule has 1 aromatic carbocycles. The first-order valence-electron chi connectivity index (χ1n) is 5.23. The maximum Gasteiger partial charge on any atom is 0.275 e. The Morgan fingerprint density at radius 2 is 2.33 bits per heavy atom. The summed E-state index contributed by atoms with van der Waals surface area (Å²) < 4.78 is 0. The number of carbonyl (C=O) groups excluding carboxylic acids is 1. The molecule has 94 valence electrons. The first kappa shape index (κ1) is 13.1. The van der Waals surface area contributed by atoms with E-state index in [9.17, 15) is 4.79 Å². The first-order valence-corrected chi connectivity index (χ1v) is 7.16. The molecule has 18 heavy (non-hydrogen) atoms. The predicted molar refractivity (Wildman–Crippen MR) is 72.6 cm³/mol. The van der Waals surface area contributed by atoms with Gasteiger partial charge < -0.3 is 0 Å². The molecule has 2 aromatic rings. The Labute approximate surface area is 113 Å². The van der Waals surface area contributed by atoms with Crippen molar-refractivity contribution in [2.75, 3.05) is 7.11 Å². The van der Waals surface area contributed by atoms with Crippen LogP contribution in [0.5, 0.6) is 0 Å². The molecule has 0 unspecified atom stereocenters.